The van der Waals surface area contributed by atoms with E-state index in [1.54, 1.807) is 0 Å². The van der Waals surface area contributed by atoms with E-state index in [0.29, 0.717) is 23.9 Å². The number of carboxylic acid groups (broad SMARTS) is 1. The standard InChI is InChI=1S/C62H107NO8/c1-6-8-10-12-14-16-18-20-22-24-26-27-28-29-30-31-32-33-35-36-38-40-42-44-46-48-50-52-59(64)69-56-58(57-70-62(61(66)67)68-55-54-63(3,4)5)71-60(65)53-51-49-47-45-43-41-39-37-34-25-23-21-19-17-15-13-11-9-7-2/h9,11,15,17-18,20-21,23-24,26,34,37,41,43,58,62H,6-8,10,12-14,16,19,22,25,27-33,35-36,38-40,42,44-57H2,1-5H3/p+1/b11-9-,17-15-,20-18-,23-21-,26-24-,37-34-,43-41-. The molecule has 0 rings (SSSR count). The molecule has 0 saturated heterocycles. The lowest BCUT2D eigenvalue weighted by Gasteiger charge is -2.25. The number of quaternary nitrogens is 1. The van der Waals surface area contributed by atoms with Crippen molar-refractivity contribution < 1.29 is 42.9 Å². The van der Waals surface area contributed by atoms with E-state index in [4.69, 9.17) is 18.9 Å². The molecule has 0 aromatic rings. The number of nitrogens with zero attached hydrogens (tertiary/aromatic N) is 1. The minimum atomic E-state index is -1.52. The summed E-state index contributed by atoms with van der Waals surface area (Å²) >= 11 is 0. The number of rotatable bonds is 52. The zero-order valence-electron chi connectivity index (χ0n) is 46.4. The molecule has 0 aliphatic rings. The van der Waals surface area contributed by atoms with Crippen molar-refractivity contribution in [1.82, 2.24) is 0 Å². The quantitative estimate of drug-likeness (QED) is 0.0211. The highest BCUT2D eigenvalue weighted by atomic mass is 16.7. The van der Waals surface area contributed by atoms with Gasteiger partial charge in [0.05, 0.1) is 34.4 Å². The molecule has 0 spiro atoms. The number of allylic oxidation sites excluding steroid dienone is 14. The average molecular weight is 996 g/mol. The average Bonchev–Trinajstić information content (AvgIpc) is 3.34. The molecule has 0 aliphatic carbocycles. The van der Waals surface area contributed by atoms with Gasteiger partial charge in [-0.15, -0.1) is 0 Å². The second-order valence-electron chi connectivity index (χ2n) is 20.2. The SMILES string of the molecule is CC/C=C\C/C=C\C/C=C\C/C=C\C/C=C\CCCCCC(=O)OC(COC(=O)CCCCCCCCCCCCCCCCC/C=C\C/C=C\CCCCCCC)COC(OCC[N+](C)(C)C)C(=O)O. The molecule has 9 heteroatoms. The van der Waals surface area contributed by atoms with Crippen molar-refractivity contribution in [1.29, 1.82) is 0 Å². The van der Waals surface area contributed by atoms with Gasteiger partial charge in [0.15, 0.2) is 6.10 Å². The Hall–Kier alpha value is -3.53. The maximum absolute atomic E-state index is 12.8. The Balaban J connectivity index is 4.26. The number of unbranched alkanes of at least 4 members (excludes halogenated alkanes) is 23. The van der Waals surface area contributed by atoms with Gasteiger partial charge in [0.2, 0.25) is 0 Å². The van der Waals surface area contributed by atoms with Crippen molar-refractivity contribution in [3.63, 3.8) is 0 Å². The Morgan fingerprint density at radius 2 is 0.803 bits per heavy atom. The van der Waals surface area contributed by atoms with Crippen molar-refractivity contribution in [3.05, 3.63) is 85.1 Å². The second-order valence-corrected chi connectivity index (χ2v) is 20.2. The highest BCUT2D eigenvalue weighted by Crippen LogP contribution is 2.15. The van der Waals surface area contributed by atoms with Crippen LogP contribution in [0, 0.1) is 0 Å². The van der Waals surface area contributed by atoms with Crippen molar-refractivity contribution in [2.75, 3.05) is 47.5 Å². The first-order valence-electron chi connectivity index (χ1n) is 28.8. The third-order valence-electron chi connectivity index (χ3n) is 12.1. The maximum Gasteiger partial charge on any atom is 0.361 e. The lowest BCUT2D eigenvalue weighted by Crippen LogP contribution is -2.40. The Morgan fingerprint density at radius 3 is 1.21 bits per heavy atom. The Kier molecular flexibility index (Phi) is 50.2. The van der Waals surface area contributed by atoms with E-state index in [2.05, 4.69) is 98.9 Å². The number of carbonyl (C=O) groups excluding carboxylic acids is 2. The fraction of sp³-hybridized carbons (Fsp3) is 0.726. The predicted octanol–water partition coefficient (Wildman–Crippen LogP) is 16.8. The van der Waals surface area contributed by atoms with Crippen LogP contribution in [0.3, 0.4) is 0 Å². The molecule has 0 aromatic heterocycles. The number of aliphatic carboxylic acids is 1. The fourth-order valence-corrected chi connectivity index (χ4v) is 7.72. The van der Waals surface area contributed by atoms with E-state index in [9.17, 15) is 19.5 Å². The molecule has 0 fully saturated rings. The van der Waals surface area contributed by atoms with Crippen molar-refractivity contribution in [2.45, 2.75) is 245 Å². The van der Waals surface area contributed by atoms with Crippen LogP contribution in [0.4, 0.5) is 0 Å². The first-order chi connectivity index (χ1) is 34.6. The van der Waals surface area contributed by atoms with Crippen LogP contribution < -0.4 is 0 Å². The Labute approximate surface area is 436 Å². The van der Waals surface area contributed by atoms with E-state index >= 15 is 0 Å². The van der Waals surface area contributed by atoms with Crippen LogP contribution in [0.25, 0.3) is 0 Å². The van der Waals surface area contributed by atoms with Crippen LogP contribution in [-0.2, 0) is 33.3 Å². The van der Waals surface area contributed by atoms with Crippen LogP contribution in [0.5, 0.6) is 0 Å². The summed E-state index contributed by atoms with van der Waals surface area (Å²) in [6.07, 6.45) is 66.6. The third-order valence-corrected chi connectivity index (χ3v) is 12.1. The van der Waals surface area contributed by atoms with Gasteiger partial charge in [-0.1, -0.05) is 214 Å². The Bertz CT molecular complexity index is 1440. The van der Waals surface area contributed by atoms with Crippen LogP contribution >= 0.6 is 0 Å². The van der Waals surface area contributed by atoms with E-state index in [1.807, 2.05) is 21.1 Å². The summed E-state index contributed by atoms with van der Waals surface area (Å²) in [5, 5.41) is 9.69. The van der Waals surface area contributed by atoms with E-state index in [1.165, 1.54) is 122 Å². The maximum atomic E-state index is 12.8. The molecular formula is C62H108NO8+. The minimum absolute atomic E-state index is 0.177. The molecule has 0 bridgehead atoms. The molecule has 2 atom stereocenters. The number of ether oxygens (including phenoxy) is 4. The monoisotopic (exact) mass is 995 g/mol. The highest BCUT2D eigenvalue weighted by molar-refractivity contribution is 5.71. The summed E-state index contributed by atoms with van der Waals surface area (Å²) in [6, 6.07) is 0. The fourth-order valence-electron chi connectivity index (χ4n) is 7.72. The summed E-state index contributed by atoms with van der Waals surface area (Å²) in [4.78, 5) is 37.4. The molecule has 0 radical (unpaired) electrons. The van der Waals surface area contributed by atoms with Crippen LogP contribution in [-0.4, -0.2) is 87.4 Å². The van der Waals surface area contributed by atoms with Gasteiger partial charge in [-0.25, -0.2) is 4.79 Å². The van der Waals surface area contributed by atoms with E-state index < -0.39 is 24.3 Å². The Morgan fingerprint density at radius 1 is 0.437 bits per heavy atom. The smallest absolute Gasteiger partial charge is 0.361 e. The summed E-state index contributed by atoms with van der Waals surface area (Å²) < 4.78 is 22.8. The topological polar surface area (TPSA) is 108 Å². The molecule has 0 heterocycles. The van der Waals surface area contributed by atoms with Crippen LogP contribution in [0.1, 0.15) is 232 Å². The summed E-state index contributed by atoms with van der Waals surface area (Å²) in [5.41, 5.74) is 0. The van der Waals surface area contributed by atoms with Gasteiger partial charge >= 0.3 is 17.9 Å². The van der Waals surface area contributed by atoms with Gasteiger partial charge in [-0.05, 0) is 89.9 Å². The molecule has 408 valence electrons. The van der Waals surface area contributed by atoms with Gasteiger partial charge < -0.3 is 28.5 Å². The number of hydrogen-bond donors (Lipinski definition) is 1. The van der Waals surface area contributed by atoms with Gasteiger partial charge in [-0.2, -0.15) is 0 Å². The molecule has 9 nitrogen and oxygen atoms in total. The molecule has 0 saturated carbocycles. The lowest BCUT2D eigenvalue weighted by atomic mass is 10.0. The molecule has 0 aromatic carbocycles. The largest absolute Gasteiger partial charge is 0.477 e. The molecule has 0 aliphatic heterocycles. The van der Waals surface area contributed by atoms with Crippen molar-refractivity contribution in [3.8, 4) is 0 Å². The summed E-state index contributed by atoms with van der Waals surface area (Å²) in [5.74, 6) is -2.05. The van der Waals surface area contributed by atoms with Crippen LogP contribution in [0.2, 0.25) is 0 Å². The van der Waals surface area contributed by atoms with Gasteiger partial charge in [0, 0.05) is 12.8 Å². The highest BCUT2D eigenvalue weighted by Gasteiger charge is 2.25. The number of hydrogen-bond acceptors (Lipinski definition) is 7. The van der Waals surface area contributed by atoms with Crippen molar-refractivity contribution in [2.24, 2.45) is 0 Å². The zero-order valence-corrected chi connectivity index (χ0v) is 46.4. The summed E-state index contributed by atoms with van der Waals surface area (Å²) in [6.45, 7) is 4.72. The molecule has 2 unspecified atom stereocenters. The van der Waals surface area contributed by atoms with E-state index in [-0.39, 0.29) is 32.2 Å². The van der Waals surface area contributed by atoms with E-state index in [0.717, 1.165) is 77.0 Å². The number of carboxylic acids is 1. The molecule has 1 N–H and O–H groups in total. The number of carbonyl (C=O) groups is 3. The summed E-state index contributed by atoms with van der Waals surface area (Å²) in [7, 11) is 5.95. The first-order valence-corrected chi connectivity index (χ1v) is 28.8. The predicted molar refractivity (Wildman–Crippen MR) is 299 cm³/mol. The first kappa shape index (κ1) is 67.5. The minimum Gasteiger partial charge on any atom is -0.477 e. The molecule has 71 heavy (non-hydrogen) atoms. The second kappa shape index (κ2) is 52.8. The lowest BCUT2D eigenvalue weighted by molar-refractivity contribution is -0.870. The van der Waals surface area contributed by atoms with Crippen molar-refractivity contribution >= 4 is 17.9 Å². The third kappa shape index (κ3) is 54.1. The number of likely N-dealkylation sites (N-methyl/N-ethyl adjacent to an activating group) is 1. The van der Waals surface area contributed by atoms with Gasteiger partial charge in [-0.3, -0.25) is 9.59 Å². The van der Waals surface area contributed by atoms with Crippen LogP contribution in [0.15, 0.2) is 85.1 Å². The zero-order chi connectivity index (χ0) is 52.0. The molecule has 0 amide bonds. The van der Waals surface area contributed by atoms with Gasteiger partial charge in [0.25, 0.3) is 6.29 Å². The van der Waals surface area contributed by atoms with Gasteiger partial charge in [0.1, 0.15) is 13.2 Å². The number of esters is 2. The normalized spacial score (nSPS) is 13.4. The molecular weight excluding hydrogens is 887 g/mol.